The maximum Gasteiger partial charge on any atom is 0.372 e. The van der Waals surface area contributed by atoms with E-state index in [1.165, 1.54) is 6.92 Å². The summed E-state index contributed by atoms with van der Waals surface area (Å²) in [6.07, 6.45) is -2.24. The van der Waals surface area contributed by atoms with Crippen molar-refractivity contribution in [2.24, 2.45) is 0 Å². The van der Waals surface area contributed by atoms with Crippen molar-refractivity contribution >= 4 is 11.8 Å². The molecule has 0 aliphatic heterocycles. The van der Waals surface area contributed by atoms with Gasteiger partial charge < -0.3 is 15.3 Å². The van der Waals surface area contributed by atoms with Gasteiger partial charge in [0.15, 0.2) is 0 Å². The Balaban J connectivity index is 3.76. The van der Waals surface area contributed by atoms with Crippen LogP contribution >= 0.6 is 0 Å². The number of Topliss-reactive ketones (excluding diaryl/α,β-unsaturated/α-hetero) is 1. The van der Waals surface area contributed by atoms with Crippen molar-refractivity contribution in [1.29, 1.82) is 0 Å². The standard InChI is InChI=1S/C7H12O5/c1-4(8)2-5(9)3-6(10)7(11)12/h4-5,8-9H,2-3H2,1H3,(H,11,12). The number of carboxylic acids is 1. The second-order valence-corrected chi connectivity index (χ2v) is 2.67. The van der Waals surface area contributed by atoms with Crippen molar-refractivity contribution in [3.8, 4) is 0 Å². The first kappa shape index (κ1) is 11.1. The Bertz CT molecular complexity index is 175. The van der Waals surface area contributed by atoms with Gasteiger partial charge in [0, 0.05) is 6.42 Å². The molecule has 0 aromatic carbocycles. The third-order valence-electron chi connectivity index (χ3n) is 1.27. The van der Waals surface area contributed by atoms with Gasteiger partial charge in [-0.3, -0.25) is 4.79 Å². The maximum absolute atomic E-state index is 10.5. The van der Waals surface area contributed by atoms with Crippen LogP contribution < -0.4 is 0 Å². The van der Waals surface area contributed by atoms with Crippen LogP contribution in [0.25, 0.3) is 0 Å². The molecule has 70 valence electrons. The van der Waals surface area contributed by atoms with Crippen LogP contribution in [0.2, 0.25) is 0 Å². The third kappa shape index (κ3) is 4.81. The fourth-order valence-corrected chi connectivity index (χ4v) is 0.778. The lowest BCUT2D eigenvalue weighted by Crippen LogP contribution is -2.23. The molecule has 12 heavy (non-hydrogen) atoms. The second-order valence-electron chi connectivity index (χ2n) is 2.67. The Hall–Kier alpha value is -0.940. The van der Waals surface area contributed by atoms with E-state index < -0.39 is 30.4 Å². The molecule has 0 radical (unpaired) electrons. The van der Waals surface area contributed by atoms with Gasteiger partial charge in [0.2, 0.25) is 5.78 Å². The minimum Gasteiger partial charge on any atom is -0.475 e. The van der Waals surface area contributed by atoms with Crippen LogP contribution in [0.1, 0.15) is 19.8 Å². The van der Waals surface area contributed by atoms with Crippen LogP contribution in [0.4, 0.5) is 0 Å². The van der Waals surface area contributed by atoms with Crippen molar-refractivity contribution in [1.82, 2.24) is 0 Å². The zero-order chi connectivity index (χ0) is 9.72. The summed E-state index contributed by atoms with van der Waals surface area (Å²) in [5.41, 5.74) is 0. The maximum atomic E-state index is 10.5. The summed E-state index contributed by atoms with van der Waals surface area (Å²) in [6, 6.07) is 0. The average Bonchev–Trinajstić information content (AvgIpc) is 1.84. The molecule has 0 rings (SSSR count). The lowest BCUT2D eigenvalue weighted by molar-refractivity contribution is -0.150. The van der Waals surface area contributed by atoms with Gasteiger partial charge in [-0.25, -0.2) is 4.79 Å². The molecule has 0 heterocycles. The Morgan fingerprint density at radius 1 is 1.33 bits per heavy atom. The predicted octanol–water partition coefficient (Wildman–Crippen LogP) is -0.838. The molecule has 0 aliphatic rings. The number of rotatable bonds is 5. The molecule has 2 atom stereocenters. The molecular formula is C7H12O5. The van der Waals surface area contributed by atoms with Crippen molar-refractivity contribution in [3.63, 3.8) is 0 Å². The summed E-state index contributed by atoms with van der Waals surface area (Å²) in [5.74, 6) is -2.59. The topological polar surface area (TPSA) is 94.8 Å². The first-order valence-electron chi connectivity index (χ1n) is 3.55. The number of aliphatic hydroxyl groups excluding tert-OH is 2. The smallest absolute Gasteiger partial charge is 0.372 e. The van der Waals surface area contributed by atoms with Crippen molar-refractivity contribution in [2.75, 3.05) is 0 Å². The number of aliphatic hydroxyl groups is 2. The van der Waals surface area contributed by atoms with E-state index in [0.717, 1.165) is 0 Å². The van der Waals surface area contributed by atoms with Crippen LogP contribution in [-0.4, -0.2) is 39.3 Å². The van der Waals surface area contributed by atoms with E-state index in [2.05, 4.69) is 0 Å². The number of carbonyl (C=O) groups excluding carboxylic acids is 1. The molecule has 0 amide bonds. The van der Waals surface area contributed by atoms with E-state index in [1.807, 2.05) is 0 Å². The molecule has 0 aromatic rings. The van der Waals surface area contributed by atoms with Crippen LogP contribution in [0.5, 0.6) is 0 Å². The number of carbonyl (C=O) groups is 2. The van der Waals surface area contributed by atoms with Gasteiger partial charge >= 0.3 is 5.97 Å². The van der Waals surface area contributed by atoms with Crippen molar-refractivity contribution in [2.45, 2.75) is 32.0 Å². The summed E-state index contributed by atoms with van der Waals surface area (Å²) in [5, 5.41) is 25.9. The predicted molar refractivity (Wildman–Crippen MR) is 39.6 cm³/mol. The van der Waals surface area contributed by atoms with Gasteiger partial charge in [-0.15, -0.1) is 0 Å². The minimum absolute atomic E-state index is 0.0129. The molecule has 0 spiro atoms. The van der Waals surface area contributed by atoms with Crippen LogP contribution in [0, 0.1) is 0 Å². The first-order chi connectivity index (χ1) is 5.43. The van der Waals surface area contributed by atoms with E-state index in [1.54, 1.807) is 0 Å². The van der Waals surface area contributed by atoms with Crippen LogP contribution in [-0.2, 0) is 9.59 Å². The Morgan fingerprint density at radius 2 is 1.83 bits per heavy atom. The van der Waals surface area contributed by atoms with Crippen LogP contribution in [0.15, 0.2) is 0 Å². The highest BCUT2D eigenvalue weighted by atomic mass is 16.4. The van der Waals surface area contributed by atoms with Gasteiger partial charge in [-0.1, -0.05) is 0 Å². The minimum atomic E-state index is -1.56. The van der Waals surface area contributed by atoms with Gasteiger partial charge in [-0.2, -0.15) is 0 Å². The summed E-state index contributed by atoms with van der Waals surface area (Å²) >= 11 is 0. The molecule has 2 unspecified atom stereocenters. The molecule has 5 nitrogen and oxygen atoms in total. The molecule has 3 N–H and O–H groups in total. The molecular weight excluding hydrogens is 164 g/mol. The SMILES string of the molecule is CC(O)CC(O)CC(=O)C(=O)O. The molecule has 0 aromatic heterocycles. The lowest BCUT2D eigenvalue weighted by atomic mass is 10.1. The largest absolute Gasteiger partial charge is 0.475 e. The van der Waals surface area contributed by atoms with E-state index >= 15 is 0 Å². The Labute approximate surface area is 69.6 Å². The van der Waals surface area contributed by atoms with Gasteiger partial charge in [0.05, 0.1) is 12.2 Å². The molecule has 0 bridgehead atoms. The Morgan fingerprint density at radius 3 is 2.17 bits per heavy atom. The summed E-state index contributed by atoms with van der Waals surface area (Å²) < 4.78 is 0. The average molecular weight is 176 g/mol. The Kier molecular flexibility index (Phi) is 4.46. The molecule has 5 heteroatoms. The fraction of sp³-hybridized carbons (Fsp3) is 0.714. The monoisotopic (exact) mass is 176 g/mol. The van der Waals surface area contributed by atoms with Crippen molar-refractivity contribution in [3.05, 3.63) is 0 Å². The molecule has 0 fully saturated rings. The zero-order valence-electron chi connectivity index (χ0n) is 6.73. The highest BCUT2D eigenvalue weighted by Gasteiger charge is 2.17. The normalized spacial score (nSPS) is 15.2. The number of hydrogen-bond acceptors (Lipinski definition) is 4. The number of hydrogen-bond donors (Lipinski definition) is 3. The highest BCUT2D eigenvalue weighted by molar-refractivity contribution is 6.32. The number of ketones is 1. The summed E-state index contributed by atoms with van der Waals surface area (Å²) in [7, 11) is 0. The second kappa shape index (κ2) is 4.84. The quantitative estimate of drug-likeness (QED) is 0.475. The van der Waals surface area contributed by atoms with E-state index in [-0.39, 0.29) is 6.42 Å². The van der Waals surface area contributed by atoms with E-state index in [4.69, 9.17) is 15.3 Å². The van der Waals surface area contributed by atoms with Gasteiger partial charge in [-0.05, 0) is 13.3 Å². The summed E-state index contributed by atoms with van der Waals surface area (Å²) in [4.78, 5) is 20.5. The lowest BCUT2D eigenvalue weighted by Gasteiger charge is -2.09. The zero-order valence-corrected chi connectivity index (χ0v) is 6.73. The van der Waals surface area contributed by atoms with E-state index in [0.29, 0.717) is 0 Å². The number of aliphatic carboxylic acids is 1. The fourth-order valence-electron chi connectivity index (χ4n) is 0.778. The van der Waals surface area contributed by atoms with Crippen molar-refractivity contribution < 1.29 is 24.9 Å². The van der Waals surface area contributed by atoms with Crippen LogP contribution in [0.3, 0.4) is 0 Å². The highest BCUT2D eigenvalue weighted by Crippen LogP contribution is 2.02. The summed E-state index contributed by atoms with van der Waals surface area (Å²) in [6.45, 7) is 1.45. The number of carboxylic acid groups (broad SMARTS) is 1. The van der Waals surface area contributed by atoms with Gasteiger partial charge in [0.25, 0.3) is 0 Å². The molecule has 0 aliphatic carbocycles. The van der Waals surface area contributed by atoms with Gasteiger partial charge in [0.1, 0.15) is 0 Å². The van der Waals surface area contributed by atoms with E-state index in [9.17, 15) is 9.59 Å². The first-order valence-corrected chi connectivity index (χ1v) is 3.55. The molecule has 0 saturated heterocycles. The molecule has 0 saturated carbocycles. The third-order valence-corrected chi connectivity index (χ3v) is 1.27.